The van der Waals surface area contributed by atoms with Crippen LogP contribution in [-0.2, 0) is 14.8 Å². The van der Waals surface area contributed by atoms with Crippen LogP contribution in [0.2, 0.25) is 0 Å². The molecule has 1 aliphatic rings. The van der Waals surface area contributed by atoms with Gasteiger partial charge < -0.3 is 9.84 Å². The summed E-state index contributed by atoms with van der Waals surface area (Å²) in [4.78, 5) is 0.217. The number of rotatable bonds is 4. The normalized spacial score (nSPS) is 20.6. The summed E-state index contributed by atoms with van der Waals surface area (Å²) >= 11 is 0. The predicted octanol–water partition coefficient (Wildman–Crippen LogP) is 1.59. The Morgan fingerprint density at radius 1 is 1.25 bits per heavy atom. The largest absolute Gasteiger partial charge is 0.389 e. The van der Waals surface area contributed by atoms with Gasteiger partial charge in [-0.1, -0.05) is 12.1 Å². The van der Waals surface area contributed by atoms with Crippen LogP contribution < -0.4 is 4.72 Å². The van der Waals surface area contributed by atoms with Gasteiger partial charge in [0, 0.05) is 18.8 Å². The SMILES string of the molecule is CC(O)c1ccc(S(=O)(=O)NC2(C)CCOCC2)cc1. The lowest BCUT2D eigenvalue weighted by atomic mass is 9.94. The van der Waals surface area contributed by atoms with Crippen molar-refractivity contribution in [1.82, 2.24) is 4.72 Å². The van der Waals surface area contributed by atoms with E-state index >= 15 is 0 Å². The summed E-state index contributed by atoms with van der Waals surface area (Å²) < 4.78 is 32.8. The van der Waals surface area contributed by atoms with Gasteiger partial charge in [0.2, 0.25) is 10.0 Å². The molecule has 1 saturated heterocycles. The van der Waals surface area contributed by atoms with Gasteiger partial charge >= 0.3 is 0 Å². The second-order valence-electron chi connectivity index (χ2n) is 5.52. The average Bonchev–Trinajstić information content (AvgIpc) is 2.38. The molecular weight excluding hydrogens is 278 g/mol. The summed E-state index contributed by atoms with van der Waals surface area (Å²) in [5.74, 6) is 0. The summed E-state index contributed by atoms with van der Waals surface area (Å²) in [6.45, 7) is 4.68. The van der Waals surface area contributed by atoms with Crippen molar-refractivity contribution in [3.8, 4) is 0 Å². The summed E-state index contributed by atoms with van der Waals surface area (Å²) in [6, 6.07) is 6.30. The number of sulfonamides is 1. The number of aliphatic hydroxyl groups is 1. The number of nitrogens with one attached hydrogen (secondary N) is 1. The highest BCUT2D eigenvalue weighted by Gasteiger charge is 2.32. The number of aliphatic hydroxyl groups excluding tert-OH is 1. The molecule has 0 spiro atoms. The molecule has 0 amide bonds. The molecule has 1 aliphatic heterocycles. The van der Waals surface area contributed by atoms with Crippen LogP contribution in [0.5, 0.6) is 0 Å². The number of hydrogen-bond donors (Lipinski definition) is 2. The number of ether oxygens (including phenoxy) is 1. The topological polar surface area (TPSA) is 75.6 Å². The first-order valence-electron chi connectivity index (χ1n) is 6.72. The van der Waals surface area contributed by atoms with Gasteiger partial charge in [-0.3, -0.25) is 0 Å². The zero-order chi connectivity index (χ0) is 14.8. The molecule has 2 N–H and O–H groups in total. The summed E-state index contributed by atoms with van der Waals surface area (Å²) in [5, 5.41) is 9.44. The van der Waals surface area contributed by atoms with Crippen LogP contribution in [0.25, 0.3) is 0 Å². The lowest BCUT2D eigenvalue weighted by Crippen LogP contribution is -2.49. The Morgan fingerprint density at radius 2 is 1.80 bits per heavy atom. The first kappa shape index (κ1) is 15.4. The van der Waals surface area contributed by atoms with Crippen LogP contribution in [0.1, 0.15) is 38.4 Å². The Hall–Kier alpha value is -0.950. The van der Waals surface area contributed by atoms with Crippen molar-refractivity contribution < 1.29 is 18.3 Å². The molecule has 0 saturated carbocycles. The zero-order valence-electron chi connectivity index (χ0n) is 11.8. The molecule has 1 fully saturated rings. The molecule has 0 aromatic heterocycles. The molecule has 1 atom stereocenters. The van der Waals surface area contributed by atoms with E-state index in [-0.39, 0.29) is 4.90 Å². The van der Waals surface area contributed by atoms with E-state index < -0.39 is 21.7 Å². The van der Waals surface area contributed by atoms with E-state index in [4.69, 9.17) is 4.74 Å². The second-order valence-corrected chi connectivity index (χ2v) is 7.21. The van der Waals surface area contributed by atoms with E-state index in [1.54, 1.807) is 19.1 Å². The predicted molar refractivity (Wildman–Crippen MR) is 75.9 cm³/mol. The van der Waals surface area contributed by atoms with Crippen LogP contribution >= 0.6 is 0 Å². The van der Waals surface area contributed by atoms with Gasteiger partial charge in [0.1, 0.15) is 0 Å². The lowest BCUT2D eigenvalue weighted by Gasteiger charge is -2.34. The van der Waals surface area contributed by atoms with Crippen LogP contribution in [-0.4, -0.2) is 32.3 Å². The molecule has 1 aromatic rings. The summed E-state index contributed by atoms with van der Waals surface area (Å²) in [7, 11) is -3.55. The van der Waals surface area contributed by atoms with Crippen molar-refractivity contribution in [3.05, 3.63) is 29.8 Å². The molecule has 2 rings (SSSR count). The molecule has 1 heterocycles. The smallest absolute Gasteiger partial charge is 0.241 e. The van der Waals surface area contributed by atoms with Crippen molar-refractivity contribution in [2.45, 2.75) is 43.2 Å². The third-order valence-electron chi connectivity index (χ3n) is 3.65. The van der Waals surface area contributed by atoms with E-state index in [1.165, 1.54) is 12.1 Å². The van der Waals surface area contributed by atoms with Crippen molar-refractivity contribution >= 4 is 10.0 Å². The molecule has 0 radical (unpaired) electrons. The van der Waals surface area contributed by atoms with E-state index in [0.29, 0.717) is 31.6 Å². The van der Waals surface area contributed by atoms with Crippen LogP contribution in [0.3, 0.4) is 0 Å². The van der Waals surface area contributed by atoms with Crippen LogP contribution in [0, 0.1) is 0 Å². The van der Waals surface area contributed by atoms with E-state index in [1.807, 2.05) is 6.92 Å². The van der Waals surface area contributed by atoms with Gasteiger partial charge in [0.15, 0.2) is 0 Å². The molecule has 112 valence electrons. The van der Waals surface area contributed by atoms with Crippen LogP contribution in [0.4, 0.5) is 0 Å². The van der Waals surface area contributed by atoms with Crippen LogP contribution in [0.15, 0.2) is 29.2 Å². The second kappa shape index (κ2) is 5.81. The highest BCUT2D eigenvalue weighted by atomic mass is 32.2. The summed E-state index contributed by atoms with van der Waals surface area (Å²) in [5.41, 5.74) is 0.237. The Labute approximate surface area is 120 Å². The zero-order valence-corrected chi connectivity index (χ0v) is 12.6. The Bertz CT molecular complexity index is 545. The molecule has 0 aliphatic carbocycles. The fraction of sp³-hybridized carbons (Fsp3) is 0.571. The monoisotopic (exact) mass is 299 g/mol. The third-order valence-corrected chi connectivity index (χ3v) is 5.30. The fourth-order valence-corrected chi connectivity index (χ4v) is 3.70. The van der Waals surface area contributed by atoms with E-state index in [9.17, 15) is 13.5 Å². The highest BCUT2D eigenvalue weighted by molar-refractivity contribution is 7.89. The molecule has 5 nitrogen and oxygen atoms in total. The molecule has 1 unspecified atom stereocenters. The number of hydrogen-bond acceptors (Lipinski definition) is 4. The lowest BCUT2D eigenvalue weighted by molar-refractivity contribution is 0.0537. The quantitative estimate of drug-likeness (QED) is 0.885. The van der Waals surface area contributed by atoms with Gasteiger partial charge in [-0.15, -0.1) is 0 Å². The van der Waals surface area contributed by atoms with Gasteiger partial charge in [-0.2, -0.15) is 0 Å². The minimum absolute atomic E-state index is 0.217. The van der Waals surface area contributed by atoms with Crippen molar-refractivity contribution in [2.24, 2.45) is 0 Å². The van der Waals surface area contributed by atoms with Crippen molar-refractivity contribution in [2.75, 3.05) is 13.2 Å². The first-order chi connectivity index (χ1) is 9.32. The summed E-state index contributed by atoms with van der Waals surface area (Å²) in [6.07, 6.45) is 0.725. The minimum atomic E-state index is -3.55. The maximum atomic E-state index is 12.4. The molecule has 6 heteroatoms. The van der Waals surface area contributed by atoms with Crippen molar-refractivity contribution in [3.63, 3.8) is 0 Å². The van der Waals surface area contributed by atoms with Gasteiger partial charge in [-0.25, -0.2) is 13.1 Å². The standard InChI is InChI=1S/C14H21NO4S/c1-11(16)12-3-5-13(6-4-12)20(17,18)15-14(2)7-9-19-10-8-14/h3-6,11,15-16H,7-10H2,1-2H3. The molecule has 20 heavy (non-hydrogen) atoms. The minimum Gasteiger partial charge on any atom is -0.389 e. The Kier molecular flexibility index (Phi) is 4.49. The maximum Gasteiger partial charge on any atom is 0.241 e. The van der Waals surface area contributed by atoms with Crippen molar-refractivity contribution in [1.29, 1.82) is 0 Å². The fourth-order valence-electron chi connectivity index (χ4n) is 2.23. The van der Waals surface area contributed by atoms with E-state index in [0.717, 1.165) is 0 Å². The van der Waals surface area contributed by atoms with Gasteiger partial charge in [0.05, 0.1) is 11.0 Å². The average molecular weight is 299 g/mol. The van der Waals surface area contributed by atoms with E-state index in [2.05, 4.69) is 4.72 Å². The highest BCUT2D eigenvalue weighted by Crippen LogP contribution is 2.23. The molecule has 1 aromatic carbocycles. The maximum absolute atomic E-state index is 12.4. The Morgan fingerprint density at radius 3 is 2.30 bits per heavy atom. The first-order valence-corrected chi connectivity index (χ1v) is 8.20. The van der Waals surface area contributed by atoms with Gasteiger partial charge in [-0.05, 0) is 44.4 Å². The molecular formula is C14H21NO4S. The number of benzene rings is 1. The van der Waals surface area contributed by atoms with Gasteiger partial charge in [0.25, 0.3) is 0 Å². The molecule has 0 bridgehead atoms. The Balaban J connectivity index is 2.17. The third kappa shape index (κ3) is 3.58.